The van der Waals surface area contributed by atoms with Crippen LogP contribution in [0, 0.1) is 0 Å². The number of benzene rings is 3. The molecule has 0 aliphatic heterocycles. The summed E-state index contributed by atoms with van der Waals surface area (Å²) in [7, 11) is 0. The maximum absolute atomic E-state index is 12.3. The molecule has 0 aromatic heterocycles. The number of carbonyl (C=O) groups is 2. The molecule has 0 saturated heterocycles. The summed E-state index contributed by atoms with van der Waals surface area (Å²) < 4.78 is 5.52. The van der Waals surface area contributed by atoms with Gasteiger partial charge in [-0.3, -0.25) is 9.59 Å². The Morgan fingerprint density at radius 1 is 0.889 bits per heavy atom. The number of anilines is 1. The normalized spacial score (nSPS) is 10.3. The highest BCUT2D eigenvalue weighted by Crippen LogP contribution is 2.19. The van der Waals surface area contributed by atoms with Crippen LogP contribution in [0.25, 0.3) is 0 Å². The zero-order chi connectivity index (χ0) is 19.1. The highest BCUT2D eigenvalue weighted by atomic mass is 16.5. The SMILES string of the molecule is CC(=O)c1cccc(OCC(=O)Nc2ccccc2Cc2ccccc2)c1. The highest BCUT2D eigenvalue weighted by molar-refractivity contribution is 5.94. The van der Waals surface area contributed by atoms with Gasteiger partial charge in [0, 0.05) is 11.3 Å². The molecule has 0 bridgehead atoms. The van der Waals surface area contributed by atoms with Crippen molar-refractivity contribution >= 4 is 17.4 Å². The fraction of sp³-hybridized carbons (Fsp3) is 0.130. The van der Waals surface area contributed by atoms with Gasteiger partial charge < -0.3 is 10.1 Å². The number of para-hydroxylation sites is 1. The van der Waals surface area contributed by atoms with Crippen molar-refractivity contribution in [3.8, 4) is 5.75 Å². The molecule has 1 N–H and O–H groups in total. The summed E-state index contributed by atoms with van der Waals surface area (Å²) in [6.07, 6.45) is 0.735. The van der Waals surface area contributed by atoms with Crippen LogP contribution < -0.4 is 10.1 Å². The van der Waals surface area contributed by atoms with Crippen LogP contribution in [0.15, 0.2) is 78.9 Å². The van der Waals surface area contributed by atoms with Crippen LogP contribution in [0.5, 0.6) is 5.75 Å². The van der Waals surface area contributed by atoms with Crippen molar-refractivity contribution in [2.24, 2.45) is 0 Å². The molecule has 3 aromatic rings. The van der Waals surface area contributed by atoms with E-state index in [-0.39, 0.29) is 18.3 Å². The molecule has 27 heavy (non-hydrogen) atoms. The lowest BCUT2D eigenvalue weighted by Crippen LogP contribution is -2.21. The molecule has 3 aromatic carbocycles. The minimum absolute atomic E-state index is 0.0419. The number of ketones is 1. The first-order valence-corrected chi connectivity index (χ1v) is 8.77. The monoisotopic (exact) mass is 359 g/mol. The number of rotatable bonds is 7. The lowest BCUT2D eigenvalue weighted by Gasteiger charge is -2.12. The van der Waals surface area contributed by atoms with Crippen LogP contribution in [0.4, 0.5) is 5.69 Å². The van der Waals surface area contributed by atoms with Crippen molar-refractivity contribution in [2.45, 2.75) is 13.3 Å². The summed E-state index contributed by atoms with van der Waals surface area (Å²) in [6.45, 7) is 1.37. The Morgan fingerprint density at radius 2 is 1.63 bits per heavy atom. The molecule has 0 saturated carbocycles. The fourth-order valence-corrected chi connectivity index (χ4v) is 2.75. The molecule has 4 heteroatoms. The summed E-state index contributed by atoms with van der Waals surface area (Å²) in [6, 6.07) is 24.6. The van der Waals surface area contributed by atoms with E-state index in [9.17, 15) is 9.59 Å². The largest absolute Gasteiger partial charge is 0.484 e. The number of hydrogen-bond acceptors (Lipinski definition) is 3. The summed E-state index contributed by atoms with van der Waals surface area (Å²) in [5, 5.41) is 2.91. The second-order valence-electron chi connectivity index (χ2n) is 6.24. The smallest absolute Gasteiger partial charge is 0.262 e. The number of hydrogen-bond donors (Lipinski definition) is 1. The predicted octanol–water partition coefficient (Wildman–Crippen LogP) is 4.50. The predicted molar refractivity (Wildman–Crippen MR) is 106 cm³/mol. The van der Waals surface area contributed by atoms with Gasteiger partial charge in [0.05, 0.1) is 0 Å². The van der Waals surface area contributed by atoms with Gasteiger partial charge in [0.1, 0.15) is 5.75 Å². The van der Waals surface area contributed by atoms with E-state index in [4.69, 9.17) is 4.74 Å². The highest BCUT2D eigenvalue weighted by Gasteiger charge is 2.09. The number of Topliss-reactive ketones (excluding diaryl/α,β-unsaturated/α-hetero) is 1. The number of nitrogens with one attached hydrogen (secondary N) is 1. The first-order valence-electron chi connectivity index (χ1n) is 8.77. The molecule has 0 unspecified atom stereocenters. The van der Waals surface area contributed by atoms with Crippen molar-refractivity contribution in [1.29, 1.82) is 0 Å². The second kappa shape index (κ2) is 8.81. The van der Waals surface area contributed by atoms with Gasteiger partial charge in [-0.15, -0.1) is 0 Å². The van der Waals surface area contributed by atoms with E-state index < -0.39 is 0 Å². The van der Waals surface area contributed by atoms with E-state index in [0.29, 0.717) is 11.3 Å². The Hall–Kier alpha value is -3.40. The van der Waals surface area contributed by atoms with Gasteiger partial charge in [-0.05, 0) is 42.7 Å². The first kappa shape index (κ1) is 18.4. The third kappa shape index (κ3) is 5.28. The third-order valence-electron chi connectivity index (χ3n) is 4.14. The van der Waals surface area contributed by atoms with Crippen molar-refractivity contribution in [3.05, 3.63) is 95.6 Å². The van der Waals surface area contributed by atoms with Gasteiger partial charge >= 0.3 is 0 Å². The molecular weight excluding hydrogens is 338 g/mol. The average Bonchev–Trinajstić information content (AvgIpc) is 2.69. The van der Waals surface area contributed by atoms with Crippen LogP contribution in [-0.4, -0.2) is 18.3 Å². The van der Waals surface area contributed by atoms with E-state index in [1.165, 1.54) is 12.5 Å². The van der Waals surface area contributed by atoms with E-state index in [2.05, 4.69) is 17.4 Å². The number of amides is 1. The molecule has 4 nitrogen and oxygen atoms in total. The van der Waals surface area contributed by atoms with Crippen LogP contribution >= 0.6 is 0 Å². The molecule has 0 radical (unpaired) electrons. The summed E-state index contributed by atoms with van der Waals surface area (Å²) in [5.41, 5.74) is 3.54. The summed E-state index contributed by atoms with van der Waals surface area (Å²) in [4.78, 5) is 23.7. The van der Waals surface area contributed by atoms with Gasteiger partial charge in [-0.25, -0.2) is 0 Å². The molecule has 1 amide bonds. The minimum Gasteiger partial charge on any atom is -0.484 e. The topological polar surface area (TPSA) is 55.4 Å². The zero-order valence-electron chi connectivity index (χ0n) is 15.1. The molecular formula is C23H21NO3. The fourth-order valence-electron chi connectivity index (χ4n) is 2.75. The van der Waals surface area contributed by atoms with Crippen molar-refractivity contribution in [2.75, 3.05) is 11.9 Å². The van der Waals surface area contributed by atoms with Gasteiger partial charge in [-0.2, -0.15) is 0 Å². The van der Waals surface area contributed by atoms with E-state index in [0.717, 1.165) is 17.7 Å². The van der Waals surface area contributed by atoms with Gasteiger partial charge in [0.15, 0.2) is 12.4 Å². The molecule has 0 atom stereocenters. The third-order valence-corrected chi connectivity index (χ3v) is 4.14. The molecule has 0 heterocycles. The molecule has 0 aliphatic carbocycles. The van der Waals surface area contributed by atoms with E-state index in [1.54, 1.807) is 24.3 Å². The molecule has 0 spiro atoms. The van der Waals surface area contributed by atoms with Gasteiger partial charge in [0.25, 0.3) is 5.91 Å². The van der Waals surface area contributed by atoms with Crippen LogP contribution in [0.2, 0.25) is 0 Å². The van der Waals surface area contributed by atoms with Crippen LogP contribution in [-0.2, 0) is 11.2 Å². The Bertz CT molecular complexity index is 935. The van der Waals surface area contributed by atoms with Crippen LogP contribution in [0.3, 0.4) is 0 Å². The Labute approximate surface area is 158 Å². The lowest BCUT2D eigenvalue weighted by molar-refractivity contribution is -0.118. The Morgan fingerprint density at radius 3 is 2.41 bits per heavy atom. The van der Waals surface area contributed by atoms with Crippen molar-refractivity contribution in [3.63, 3.8) is 0 Å². The zero-order valence-corrected chi connectivity index (χ0v) is 15.1. The lowest BCUT2D eigenvalue weighted by atomic mass is 10.0. The quantitative estimate of drug-likeness (QED) is 0.632. The second-order valence-corrected chi connectivity index (χ2v) is 6.24. The maximum Gasteiger partial charge on any atom is 0.262 e. The van der Waals surface area contributed by atoms with E-state index >= 15 is 0 Å². The van der Waals surface area contributed by atoms with Crippen molar-refractivity contribution in [1.82, 2.24) is 0 Å². The maximum atomic E-state index is 12.3. The van der Waals surface area contributed by atoms with Gasteiger partial charge in [0.2, 0.25) is 0 Å². The van der Waals surface area contributed by atoms with E-state index in [1.807, 2.05) is 42.5 Å². The first-order chi connectivity index (χ1) is 13.1. The van der Waals surface area contributed by atoms with Crippen LogP contribution in [0.1, 0.15) is 28.4 Å². The molecule has 0 fully saturated rings. The van der Waals surface area contributed by atoms with Gasteiger partial charge in [-0.1, -0.05) is 60.7 Å². The molecule has 136 valence electrons. The Kier molecular flexibility index (Phi) is 6.00. The minimum atomic E-state index is -0.247. The summed E-state index contributed by atoms with van der Waals surface area (Å²) >= 11 is 0. The molecule has 0 aliphatic rings. The standard InChI is InChI=1S/C23H21NO3/c1-17(25)19-11-7-12-21(15-19)27-16-23(26)24-22-13-6-5-10-20(22)14-18-8-3-2-4-9-18/h2-13,15H,14,16H2,1H3,(H,24,26). The number of carbonyl (C=O) groups excluding carboxylic acids is 2. The summed E-state index contributed by atoms with van der Waals surface area (Å²) in [5.74, 6) is 0.207. The Balaban J connectivity index is 1.63. The molecule has 3 rings (SSSR count). The van der Waals surface area contributed by atoms with Crippen molar-refractivity contribution < 1.29 is 14.3 Å². The average molecular weight is 359 g/mol. The number of ether oxygens (including phenoxy) is 1.